The lowest BCUT2D eigenvalue weighted by Crippen LogP contribution is -2.39. The van der Waals surface area contributed by atoms with Crippen LogP contribution in [0.25, 0.3) is 10.9 Å². The van der Waals surface area contributed by atoms with Gasteiger partial charge in [0.25, 0.3) is 0 Å². The summed E-state index contributed by atoms with van der Waals surface area (Å²) in [5.41, 5.74) is 1.80. The molecule has 92 valence electrons. The molecule has 0 bridgehead atoms. The van der Waals surface area contributed by atoms with E-state index in [1.54, 1.807) is 0 Å². The van der Waals surface area contributed by atoms with Crippen molar-refractivity contribution in [3.8, 4) is 6.07 Å². The Balaban J connectivity index is 2.29. The molecular formula is C12H14N6. The summed E-state index contributed by atoms with van der Waals surface area (Å²) in [5.74, 6) is 11.7. The van der Waals surface area contributed by atoms with E-state index < -0.39 is 0 Å². The second kappa shape index (κ2) is 5.21. The molecule has 6 heteroatoms. The largest absolute Gasteiger partial charge is 0.361 e. The highest BCUT2D eigenvalue weighted by Gasteiger charge is 2.10. The second-order valence-corrected chi connectivity index (χ2v) is 3.83. The normalized spacial score (nSPS) is 11.4. The van der Waals surface area contributed by atoms with Crippen LogP contribution < -0.4 is 11.7 Å². The standard InChI is InChI=1S/C12H14N6/c13-5-1-7-18(15)12(17-14)10-3-2-9-4-6-16-11(9)8-10/h2-4,6,8,16H,1,7,14-15H2/b17-12-. The first kappa shape index (κ1) is 12.0. The number of nitrogens with one attached hydrogen (secondary N) is 1. The molecule has 0 aliphatic rings. The number of nitrogens with zero attached hydrogens (tertiary/aromatic N) is 3. The van der Waals surface area contributed by atoms with E-state index in [2.05, 4.69) is 10.1 Å². The van der Waals surface area contributed by atoms with Crippen LogP contribution in [0.2, 0.25) is 0 Å². The smallest absolute Gasteiger partial charge is 0.169 e. The molecule has 18 heavy (non-hydrogen) atoms. The Labute approximate surface area is 104 Å². The first-order valence-electron chi connectivity index (χ1n) is 5.51. The van der Waals surface area contributed by atoms with Gasteiger partial charge in [0.15, 0.2) is 5.84 Å². The molecule has 2 aromatic rings. The molecule has 0 spiro atoms. The molecule has 5 N–H and O–H groups in total. The minimum atomic E-state index is 0.320. The van der Waals surface area contributed by atoms with Crippen LogP contribution >= 0.6 is 0 Å². The number of rotatable bonds is 3. The number of aromatic amines is 1. The molecule has 0 saturated heterocycles. The van der Waals surface area contributed by atoms with E-state index in [-0.39, 0.29) is 0 Å². The van der Waals surface area contributed by atoms with Crippen LogP contribution in [-0.4, -0.2) is 22.4 Å². The average Bonchev–Trinajstić information content (AvgIpc) is 2.84. The summed E-state index contributed by atoms with van der Waals surface area (Å²) in [4.78, 5) is 3.11. The van der Waals surface area contributed by atoms with E-state index in [1.165, 1.54) is 5.01 Å². The Morgan fingerprint density at radius 2 is 2.28 bits per heavy atom. The van der Waals surface area contributed by atoms with Gasteiger partial charge in [-0.1, -0.05) is 12.1 Å². The third kappa shape index (κ3) is 2.26. The maximum absolute atomic E-state index is 8.55. The van der Waals surface area contributed by atoms with Crippen LogP contribution in [0.3, 0.4) is 0 Å². The lowest BCUT2D eigenvalue weighted by atomic mass is 10.1. The van der Waals surface area contributed by atoms with Crippen molar-refractivity contribution in [1.82, 2.24) is 9.99 Å². The third-order valence-electron chi connectivity index (χ3n) is 2.67. The van der Waals surface area contributed by atoms with E-state index >= 15 is 0 Å². The Hall–Kier alpha value is -2.52. The minimum Gasteiger partial charge on any atom is -0.361 e. The first-order chi connectivity index (χ1) is 8.76. The number of nitrogens with two attached hydrogens (primary N) is 2. The van der Waals surface area contributed by atoms with Gasteiger partial charge in [-0.2, -0.15) is 10.4 Å². The number of hydrazine groups is 1. The van der Waals surface area contributed by atoms with Gasteiger partial charge in [0.1, 0.15) is 0 Å². The molecule has 1 heterocycles. The SMILES string of the molecule is N#CCCN(N)/C(=N\N)c1ccc2cc[nH]c2c1. The molecule has 0 unspecified atom stereocenters. The summed E-state index contributed by atoms with van der Waals surface area (Å²) >= 11 is 0. The van der Waals surface area contributed by atoms with Crippen molar-refractivity contribution in [2.75, 3.05) is 6.54 Å². The minimum absolute atomic E-state index is 0.320. The summed E-state index contributed by atoms with van der Waals surface area (Å²) in [6.45, 7) is 0.384. The summed E-state index contributed by atoms with van der Waals surface area (Å²) in [6.07, 6.45) is 2.18. The van der Waals surface area contributed by atoms with Crippen molar-refractivity contribution in [1.29, 1.82) is 5.26 Å². The van der Waals surface area contributed by atoms with E-state index in [4.69, 9.17) is 16.9 Å². The highest BCUT2D eigenvalue weighted by molar-refractivity contribution is 6.01. The van der Waals surface area contributed by atoms with E-state index in [1.807, 2.05) is 36.5 Å². The van der Waals surface area contributed by atoms with Gasteiger partial charge in [0.2, 0.25) is 0 Å². The fraction of sp³-hybridized carbons (Fsp3) is 0.167. The van der Waals surface area contributed by atoms with Crippen molar-refractivity contribution in [3.05, 3.63) is 36.0 Å². The molecule has 1 aromatic carbocycles. The molecular weight excluding hydrogens is 228 g/mol. The van der Waals surface area contributed by atoms with Gasteiger partial charge in [-0.3, -0.25) is 5.01 Å². The van der Waals surface area contributed by atoms with Gasteiger partial charge in [-0.15, -0.1) is 0 Å². The molecule has 2 rings (SSSR count). The number of hydrazone groups is 1. The van der Waals surface area contributed by atoms with Gasteiger partial charge in [-0.05, 0) is 17.5 Å². The fourth-order valence-electron chi connectivity index (χ4n) is 1.78. The predicted octanol–water partition coefficient (Wildman–Crippen LogP) is 0.878. The van der Waals surface area contributed by atoms with E-state index in [0.717, 1.165) is 16.5 Å². The highest BCUT2D eigenvalue weighted by Crippen LogP contribution is 2.15. The average molecular weight is 242 g/mol. The van der Waals surface area contributed by atoms with Gasteiger partial charge in [-0.25, -0.2) is 5.84 Å². The monoisotopic (exact) mass is 242 g/mol. The molecule has 0 saturated carbocycles. The number of amidine groups is 1. The number of nitriles is 1. The quantitative estimate of drug-likeness (QED) is 0.321. The van der Waals surface area contributed by atoms with Crippen LogP contribution in [0, 0.1) is 11.3 Å². The molecule has 0 aliphatic heterocycles. The fourth-order valence-corrected chi connectivity index (χ4v) is 1.78. The van der Waals surface area contributed by atoms with Crippen LogP contribution in [0.1, 0.15) is 12.0 Å². The number of aromatic nitrogens is 1. The lowest BCUT2D eigenvalue weighted by molar-refractivity contribution is 0.449. The predicted molar refractivity (Wildman–Crippen MR) is 70.1 cm³/mol. The van der Waals surface area contributed by atoms with Crippen LogP contribution in [0.4, 0.5) is 0 Å². The summed E-state index contributed by atoms with van der Waals surface area (Å²) in [7, 11) is 0. The first-order valence-corrected chi connectivity index (χ1v) is 5.51. The Bertz CT molecular complexity index is 606. The van der Waals surface area contributed by atoms with Gasteiger partial charge in [0.05, 0.1) is 12.5 Å². The zero-order valence-corrected chi connectivity index (χ0v) is 9.80. The van der Waals surface area contributed by atoms with Gasteiger partial charge < -0.3 is 10.8 Å². The van der Waals surface area contributed by atoms with Crippen molar-refractivity contribution >= 4 is 16.7 Å². The Kier molecular flexibility index (Phi) is 3.46. The summed E-state index contributed by atoms with van der Waals surface area (Å²) in [6, 6.07) is 9.79. The molecule has 0 atom stereocenters. The maximum Gasteiger partial charge on any atom is 0.169 e. The number of benzene rings is 1. The molecule has 0 amide bonds. The number of hydrogen-bond donors (Lipinski definition) is 3. The zero-order valence-electron chi connectivity index (χ0n) is 9.80. The molecule has 0 radical (unpaired) electrons. The number of H-pyrrole nitrogens is 1. The topological polar surface area (TPSA) is 107 Å². The van der Waals surface area contributed by atoms with Crippen molar-refractivity contribution in [3.63, 3.8) is 0 Å². The Morgan fingerprint density at radius 1 is 1.44 bits per heavy atom. The van der Waals surface area contributed by atoms with E-state index in [9.17, 15) is 0 Å². The third-order valence-corrected chi connectivity index (χ3v) is 2.67. The van der Waals surface area contributed by atoms with Crippen molar-refractivity contribution < 1.29 is 0 Å². The van der Waals surface area contributed by atoms with Crippen molar-refractivity contribution in [2.24, 2.45) is 16.8 Å². The molecule has 6 nitrogen and oxygen atoms in total. The van der Waals surface area contributed by atoms with Crippen molar-refractivity contribution in [2.45, 2.75) is 6.42 Å². The Morgan fingerprint density at radius 3 is 3.00 bits per heavy atom. The summed E-state index contributed by atoms with van der Waals surface area (Å²) in [5, 5.41) is 14.7. The van der Waals surface area contributed by atoms with E-state index in [0.29, 0.717) is 18.8 Å². The van der Waals surface area contributed by atoms with Gasteiger partial charge in [0, 0.05) is 23.8 Å². The van der Waals surface area contributed by atoms with Crippen LogP contribution in [0.15, 0.2) is 35.6 Å². The van der Waals surface area contributed by atoms with Crippen LogP contribution in [-0.2, 0) is 0 Å². The van der Waals surface area contributed by atoms with Crippen LogP contribution in [0.5, 0.6) is 0 Å². The number of hydrogen-bond acceptors (Lipinski definition) is 4. The maximum atomic E-state index is 8.55. The second-order valence-electron chi connectivity index (χ2n) is 3.83. The summed E-state index contributed by atoms with van der Waals surface area (Å²) < 4.78 is 0. The molecule has 1 aromatic heterocycles. The molecule has 0 fully saturated rings. The number of fused-ring (bicyclic) bond motifs is 1. The highest BCUT2D eigenvalue weighted by atomic mass is 15.4. The molecule has 0 aliphatic carbocycles. The lowest BCUT2D eigenvalue weighted by Gasteiger charge is -2.18. The zero-order chi connectivity index (χ0) is 13.0. The van der Waals surface area contributed by atoms with Gasteiger partial charge >= 0.3 is 0 Å².